The maximum absolute atomic E-state index is 10.6. The molecular formula is C16H18O. The maximum Gasteiger partial charge on any atom is 0.120 e. The standard InChI is InChI=1S/C16H18O/c1-11-6-7-15-13(3)10-12(2)14(5-4-8-17)16(15)9-11/h6-10H,4-5H2,1-3H3. The number of benzene rings is 2. The van der Waals surface area contributed by atoms with E-state index in [2.05, 4.69) is 45.0 Å². The number of rotatable bonds is 3. The largest absolute Gasteiger partial charge is 0.303 e. The highest BCUT2D eigenvalue weighted by Gasteiger charge is 2.07. The van der Waals surface area contributed by atoms with Crippen molar-refractivity contribution in [2.45, 2.75) is 33.6 Å². The van der Waals surface area contributed by atoms with Crippen LogP contribution in [0.2, 0.25) is 0 Å². The van der Waals surface area contributed by atoms with E-state index in [0.29, 0.717) is 6.42 Å². The van der Waals surface area contributed by atoms with Crippen LogP contribution >= 0.6 is 0 Å². The van der Waals surface area contributed by atoms with Crippen molar-refractivity contribution in [3.8, 4) is 0 Å². The van der Waals surface area contributed by atoms with Crippen LogP contribution < -0.4 is 0 Å². The Hall–Kier alpha value is -1.63. The molecule has 0 heterocycles. The van der Waals surface area contributed by atoms with E-state index in [1.807, 2.05) is 0 Å². The van der Waals surface area contributed by atoms with Gasteiger partial charge in [0, 0.05) is 6.42 Å². The van der Waals surface area contributed by atoms with Gasteiger partial charge in [0.05, 0.1) is 0 Å². The summed E-state index contributed by atoms with van der Waals surface area (Å²) in [6.07, 6.45) is 2.45. The van der Waals surface area contributed by atoms with Crippen LogP contribution in [0.5, 0.6) is 0 Å². The third-order valence-corrected chi connectivity index (χ3v) is 3.35. The van der Waals surface area contributed by atoms with Crippen LogP contribution in [0.15, 0.2) is 24.3 Å². The number of carbonyl (C=O) groups excluding carboxylic acids is 1. The smallest absolute Gasteiger partial charge is 0.120 e. The molecule has 1 heteroatoms. The van der Waals surface area contributed by atoms with Crippen molar-refractivity contribution in [3.63, 3.8) is 0 Å². The van der Waals surface area contributed by atoms with E-state index in [4.69, 9.17) is 0 Å². The minimum Gasteiger partial charge on any atom is -0.303 e. The summed E-state index contributed by atoms with van der Waals surface area (Å²) < 4.78 is 0. The molecule has 0 amide bonds. The van der Waals surface area contributed by atoms with Gasteiger partial charge in [0.1, 0.15) is 6.29 Å². The molecule has 88 valence electrons. The monoisotopic (exact) mass is 226 g/mol. The third kappa shape index (κ3) is 2.23. The van der Waals surface area contributed by atoms with Gasteiger partial charge in [-0.3, -0.25) is 0 Å². The van der Waals surface area contributed by atoms with Crippen molar-refractivity contribution >= 4 is 17.1 Å². The van der Waals surface area contributed by atoms with E-state index in [0.717, 1.165) is 12.7 Å². The van der Waals surface area contributed by atoms with Gasteiger partial charge in [-0.05, 0) is 54.7 Å². The van der Waals surface area contributed by atoms with Gasteiger partial charge in [-0.2, -0.15) is 0 Å². The van der Waals surface area contributed by atoms with Gasteiger partial charge in [-0.25, -0.2) is 0 Å². The first-order chi connectivity index (χ1) is 8.13. The molecule has 0 radical (unpaired) electrons. The molecule has 0 aliphatic heterocycles. The lowest BCUT2D eigenvalue weighted by molar-refractivity contribution is -0.107. The molecule has 0 atom stereocenters. The molecule has 0 aliphatic rings. The Labute approximate surface area is 102 Å². The average Bonchev–Trinajstić information content (AvgIpc) is 2.28. The van der Waals surface area contributed by atoms with Crippen molar-refractivity contribution in [1.82, 2.24) is 0 Å². The fraction of sp³-hybridized carbons (Fsp3) is 0.312. The summed E-state index contributed by atoms with van der Waals surface area (Å²) in [4.78, 5) is 10.6. The normalized spacial score (nSPS) is 10.8. The quantitative estimate of drug-likeness (QED) is 0.725. The molecule has 1 nitrogen and oxygen atoms in total. The maximum atomic E-state index is 10.6. The molecule has 2 aromatic rings. The van der Waals surface area contributed by atoms with E-state index in [9.17, 15) is 4.79 Å². The van der Waals surface area contributed by atoms with Crippen LogP contribution in [-0.2, 0) is 11.2 Å². The van der Waals surface area contributed by atoms with Crippen LogP contribution in [0.1, 0.15) is 28.7 Å². The summed E-state index contributed by atoms with van der Waals surface area (Å²) in [5, 5.41) is 2.62. The summed E-state index contributed by atoms with van der Waals surface area (Å²) in [6, 6.07) is 8.78. The number of carbonyl (C=O) groups is 1. The van der Waals surface area contributed by atoms with Crippen LogP contribution in [0.3, 0.4) is 0 Å². The Morgan fingerprint density at radius 2 is 1.76 bits per heavy atom. The van der Waals surface area contributed by atoms with E-state index in [1.54, 1.807) is 0 Å². The highest BCUT2D eigenvalue weighted by atomic mass is 16.1. The van der Waals surface area contributed by atoms with E-state index in [1.165, 1.54) is 33.0 Å². The van der Waals surface area contributed by atoms with Crippen molar-refractivity contribution in [3.05, 3.63) is 46.5 Å². The summed E-state index contributed by atoms with van der Waals surface area (Å²) in [5.74, 6) is 0. The first kappa shape index (κ1) is 11.8. The lowest BCUT2D eigenvalue weighted by Gasteiger charge is -2.12. The molecule has 0 saturated carbocycles. The Morgan fingerprint density at radius 1 is 1.00 bits per heavy atom. The van der Waals surface area contributed by atoms with Crippen molar-refractivity contribution in [2.24, 2.45) is 0 Å². The topological polar surface area (TPSA) is 17.1 Å². The minimum atomic E-state index is 0.604. The zero-order valence-electron chi connectivity index (χ0n) is 10.7. The SMILES string of the molecule is Cc1ccc2c(C)cc(C)c(CCC=O)c2c1. The number of hydrogen-bond acceptors (Lipinski definition) is 1. The summed E-state index contributed by atoms with van der Waals surface area (Å²) >= 11 is 0. The van der Waals surface area contributed by atoms with Gasteiger partial charge in [0.15, 0.2) is 0 Å². The molecule has 0 N–H and O–H groups in total. The van der Waals surface area contributed by atoms with E-state index < -0.39 is 0 Å². The highest BCUT2D eigenvalue weighted by Crippen LogP contribution is 2.27. The highest BCUT2D eigenvalue weighted by molar-refractivity contribution is 5.90. The molecule has 0 unspecified atom stereocenters. The van der Waals surface area contributed by atoms with E-state index in [-0.39, 0.29) is 0 Å². The van der Waals surface area contributed by atoms with Gasteiger partial charge in [-0.15, -0.1) is 0 Å². The lowest BCUT2D eigenvalue weighted by Crippen LogP contribution is -1.95. The molecule has 0 fully saturated rings. The first-order valence-electron chi connectivity index (χ1n) is 6.06. The second-order valence-electron chi connectivity index (χ2n) is 4.74. The average molecular weight is 226 g/mol. The Balaban J connectivity index is 2.70. The lowest BCUT2D eigenvalue weighted by atomic mass is 9.92. The number of fused-ring (bicyclic) bond motifs is 1. The predicted molar refractivity (Wildman–Crippen MR) is 72.5 cm³/mol. The second kappa shape index (κ2) is 4.70. The van der Waals surface area contributed by atoms with Gasteiger partial charge >= 0.3 is 0 Å². The molecule has 0 bridgehead atoms. The fourth-order valence-electron chi connectivity index (χ4n) is 2.49. The molecule has 0 aliphatic carbocycles. The van der Waals surface area contributed by atoms with Crippen LogP contribution in [0.4, 0.5) is 0 Å². The Bertz CT molecular complexity index is 567. The molecule has 2 rings (SSSR count). The third-order valence-electron chi connectivity index (χ3n) is 3.35. The number of aldehydes is 1. The molecule has 17 heavy (non-hydrogen) atoms. The summed E-state index contributed by atoms with van der Waals surface area (Å²) in [6.45, 7) is 6.39. The van der Waals surface area contributed by atoms with Crippen molar-refractivity contribution < 1.29 is 4.79 Å². The Morgan fingerprint density at radius 3 is 2.47 bits per heavy atom. The van der Waals surface area contributed by atoms with Crippen LogP contribution in [-0.4, -0.2) is 6.29 Å². The van der Waals surface area contributed by atoms with Crippen molar-refractivity contribution in [2.75, 3.05) is 0 Å². The minimum absolute atomic E-state index is 0.604. The van der Waals surface area contributed by atoms with E-state index >= 15 is 0 Å². The van der Waals surface area contributed by atoms with Crippen LogP contribution in [0, 0.1) is 20.8 Å². The van der Waals surface area contributed by atoms with Gasteiger partial charge in [0.25, 0.3) is 0 Å². The number of hydrogen-bond donors (Lipinski definition) is 0. The van der Waals surface area contributed by atoms with Gasteiger partial charge in [-0.1, -0.05) is 29.8 Å². The molecule has 0 aromatic heterocycles. The first-order valence-corrected chi connectivity index (χ1v) is 6.06. The summed E-state index contributed by atoms with van der Waals surface area (Å²) in [5.41, 5.74) is 5.20. The molecular weight excluding hydrogens is 208 g/mol. The molecule has 2 aromatic carbocycles. The number of aryl methyl sites for hydroxylation is 4. The van der Waals surface area contributed by atoms with Gasteiger partial charge in [0.2, 0.25) is 0 Å². The molecule has 0 spiro atoms. The molecule has 0 saturated heterocycles. The fourth-order valence-corrected chi connectivity index (χ4v) is 2.49. The van der Waals surface area contributed by atoms with Gasteiger partial charge < -0.3 is 4.79 Å². The second-order valence-corrected chi connectivity index (χ2v) is 4.74. The van der Waals surface area contributed by atoms with Crippen LogP contribution in [0.25, 0.3) is 10.8 Å². The van der Waals surface area contributed by atoms with Crippen molar-refractivity contribution in [1.29, 1.82) is 0 Å². The zero-order chi connectivity index (χ0) is 12.4. The predicted octanol–water partition coefficient (Wildman–Crippen LogP) is 3.90. The Kier molecular flexibility index (Phi) is 3.28. The zero-order valence-corrected chi connectivity index (χ0v) is 10.7. The summed E-state index contributed by atoms with van der Waals surface area (Å²) in [7, 11) is 0.